The number of cyclic esters (lactones) is 1. The summed E-state index contributed by atoms with van der Waals surface area (Å²) in [6.07, 6.45) is 0.551. The normalized spacial score (nSPS) is 28.1. The summed E-state index contributed by atoms with van der Waals surface area (Å²) in [5, 5.41) is 0. The molecule has 0 radical (unpaired) electrons. The molecule has 1 rings (SSSR count). The summed E-state index contributed by atoms with van der Waals surface area (Å²) in [6.45, 7) is -0.174. The number of hydrogen-bond acceptors (Lipinski definition) is 2. The highest BCUT2D eigenvalue weighted by Crippen LogP contribution is 2.13. The van der Waals surface area contributed by atoms with Gasteiger partial charge in [-0.25, -0.2) is 0 Å². The van der Waals surface area contributed by atoms with Crippen LogP contribution in [-0.4, -0.2) is 19.3 Å². The predicted octanol–water partition coefficient (Wildman–Crippen LogP) is 0.519. The van der Waals surface area contributed by atoms with Gasteiger partial charge < -0.3 is 4.74 Å². The van der Waals surface area contributed by atoms with Crippen molar-refractivity contribution in [2.45, 2.75) is 6.42 Å². The minimum absolute atomic E-state index is 0.382. The van der Waals surface area contributed by atoms with Gasteiger partial charge in [-0.05, 0) is 6.42 Å². The van der Waals surface area contributed by atoms with Crippen molar-refractivity contribution in [2.24, 2.45) is 5.92 Å². The van der Waals surface area contributed by atoms with E-state index in [4.69, 9.17) is 0 Å². The summed E-state index contributed by atoms with van der Waals surface area (Å²) in [4.78, 5) is 10.3. The summed E-state index contributed by atoms with van der Waals surface area (Å²) in [5.74, 6) is -0.845. The van der Waals surface area contributed by atoms with E-state index in [1.807, 2.05) is 0 Å². The van der Waals surface area contributed by atoms with Gasteiger partial charge in [0.1, 0.15) is 6.67 Å². The molecule has 0 N–H and O–H groups in total. The van der Waals surface area contributed by atoms with Crippen LogP contribution in [-0.2, 0) is 9.53 Å². The second-order valence-corrected chi connectivity index (χ2v) is 1.81. The van der Waals surface area contributed by atoms with Gasteiger partial charge in [0.2, 0.25) is 0 Å². The summed E-state index contributed by atoms with van der Waals surface area (Å²) < 4.78 is 16.1. The van der Waals surface area contributed by atoms with Crippen LogP contribution in [0, 0.1) is 5.92 Å². The molecule has 3 heteroatoms. The van der Waals surface area contributed by atoms with Crippen molar-refractivity contribution >= 4 is 5.97 Å². The number of rotatable bonds is 1. The Labute approximate surface area is 46.6 Å². The third-order valence-electron chi connectivity index (χ3n) is 1.23. The molecule has 0 aromatic rings. The van der Waals surface area contributed by atoms with Crippen molar-refractivity contribution in [3.05, 3.63) is 0 Å². The number of alkyl halides is 1. The molecule has 1 saturated heterocycles. The lowest BCUT2D eigenvalue weighted by Crippen LogP contribution is -2.08. The Morgan fingerprint density at radius 1 is 1.88 bits per heavy atom. The van der Waals surface area contributed by atoms with Gasteiger partial charge >= 0.3 is 5.97 Å². The van der Waals surface area contributed by atoms with Crippen LogP contribution in [0.5, 0.6) is 0 Å². The second kappa shape index (κ2) is 2.11. The lowest BCUT2D eigenvalue weighted by atomic mass is 10.1. The number of halogens is 1. The SMILES string of the molecule is O=C1OCCC1CF. The maximum absolute atomic E-state index is 11.6. The van der Waals surface area contributed by atoms with Gasteiger partial charge in [0.05, 0.1) is 12.5 Å². The third kappa shape index (κ3) is 0.804. The second-order valence-electron chi connectivity index (χ2n) is 1.81. The Balaban J connectivity index is 2.42. The average molecular weight is 118 g/mol. The first kappa shape index (κ1) is 5.54. The molecule has 2 nitrogen and oxygen atoms in total. The summed E-state index contributed by atoms with van der Waals surface area (Å²) in [5.41, 5.74) is 0. The Morgan fingerprint density at radius 3 is 2.88 bits per heavy atom. The number of esters is 1. The van der Waals surface area contributed by atoms with E-state index in [2.05, 4.69) is 4.74 Å². The van der Waals surface area contributed by atoms with Crippen LogP contribution in [0.1, 0.15) is 6.42 Å². The van der Waals surface area contributed by atoms with Crippen molar-refractivity contribution in [1.29, 1.82) is 0 Å². The van der Waals surface area contributed by atoms with E-state index in [1.54, 1.807) is 0 Å². The molecular formula is C5H7FO2. The van der Waals surface area contributed by atoms with Crippen LogP contribution in [0.3, 0.4) is 0 Å². The third-order valence-corrected chi connectivity index (χ3v) is 1.23. The highest BCUT2D eigenvalue weighted by molar-refractivity contribution is 5.74. The molecule has 0 saturated carbocycles. The zero-order chi connectivity index (χ0) is 5.98. The van der Waals surface area contributed by atoms with E-state index in [0.717, 1.165) is 0 Å². The molecule has 8 heavy (non-hydrogen) atoms. The fourth-order valence-electron chi connectivity index (χ4n) is 0.678. The van der Waals surface area contributed by atoms with Crippen LogP contribution < -0.4 is 0 Å². The van der Waals surface area contributed by atoms with Gasteiger partial charge in [-0.3, -0.25) is 9.18 Å². The van der Waals surface area contributed by atoms with Crippen molar-refractivity contribution in [3.63, 3.8) is 0 Å². The largest absolute Gasteiger partial charge is 0.465 e. The maximum Gasteiger partial charge on any atom is 0.311 e. The number of carbonyl (C=O) groups excluding carboxylic acids is 1. The van der Waals surface area contributed by atoms with E-state index in [1.165, 1.54) is 0 Å². The smallest absolute Gasteiger partial charge is 0.311 e. The summed E-state index contributed by atoms with van der Waals surface area (Å²) in [7, 11) is 0. The molecule has 0 amide bonds. The monoisotopic (exact) mass is 118 g/mol. The van der Waals surface area contributed by atoms with Gasteiger partial charge in [0.25, 0.3) is 0 Å². The van der Waals surface area contributed by atoms with E-state index in [9.17, 15) is 9.18 Å². The van der Waals surface area contributed by atoms with E-state index in [0.29, 0.717) is 13.0 Å². The summed E-state index contributed by atoms with van der Waals surface area (Å²) >= 11 is 0. The van der Waals surface area contributed by atoms with Crippen LogP contribution >= 0.6 is 0 Å². The quantitative estimate of drug-likeness (QED) is 0.469. The highest BCUT2D eigenvalue weighted by Gasteiger charge is 2.25. The van der Waals surface area contributed by atoms with Gasteiger partial charge in [-0.2, -0.15) is 0 Å². The molecule has 46 valence electrons. The first-order valence-electron chi connectivity index (χ1n) is 2.57. The van der Waals surface area contributed by atoms with Crippen LogP contribution in [0.25, 0.3) is 0 Å². The van der Waals surface area contributed by atoms with Gasteiger partial charge in [0.15, 0.2) is 0 Å². The van der Waals surface area contributed by atoms with Crippen LogP contribution in [0.15, 0.2) is 0 Å². The van der Waals surface area contributed by atoms with Gasteiger partial charge in [0, 0.05) is 0 Å². The first-order valence-corrected chi connectivity index (χ1v) is 2.57. The molecule has 0 aliphatic carbocycles. The van der Waals surface area contributed by atoms with Crippen molar-refractivity contribution in [3.8, 4) is 0 Å². The van der Waals surface area contributed by atoms with Gasteiger partial charge in [-0.1, -0.05) is 0 Å². The van der Waals surface area contributed by atoms with E-state index >= 15 is 0 Å². The Morgan fingerprint density at radius 2 is 2.62 bits per heavy atom. The molecule has 0 aromatic carbocycles. The zero-order valence-corrected chi connectivity index (χ0v) is 4.39. The molecule has 1 unspecified atom stereocenters. The molecule has 1 aliphatic heterocycles. The standard InChI is InChI=1S/C5H7FO2/c6-3-4-1-2-8-5(4)7/h4H,1-3H2. The minimum Gasteiger partial charge on any atom is -0.465 e. The number of hydrogen-bond donors (Lipinski definition) is 0. The minimum atomic E-state index is -0.571. The molecule has 0 aromatic heterocycles. The van der Waals surface area contributed by atoms with Crippen LogP contribution in [0.2, 0.25) is 0 Å². The van der Waals surface area contributed by atoms with E-state index in [-0.39, 0.29) is 5.97 Å². The topological polar surface area (TPSA) is 26.3 Å². The number of ether oxygens (including phenoxy) is 1. The molecule has 1 heterocycles. The number of carbonyl (C=O) groups is 1. The fourth-order valence-corrected chi connectivity index (χ4v) is 0.678. The van der Waals surface area contributed by atoms with Crippen LogP contribution in [0.4, 0.5) is 4.39 Å². The lowest BCUT2D eigenvalue weighted by molar-refractivity contribution is -0.141. The van der Waals surface area contributed by atoms with Crippen molar-refractivity contribution in [1.82, 2.24) is 0 Å². The predicted molar refractivity (Wildman–Crippen MR) is 25.0 cm³/mol. The first-order chi connectivity index (χ1) is 3.84. The average Bonchev–Trinajstić information content (AvgIpc) is 2.14. The molecule has 1 aliphatic rings. The molecule has 1 fully saturated rings. The summed E-state index contributed by atoms with van der Waals surface area (Å²) in [6, 6.07) is 0. The Kier molecular flexibility index (Phi) is 1.46. The Hall–Kier alpha value is -0.600. The Bertz CT molecular complexity index is 103. The van der Waals surface area contributed by atoms with Crippen molar-refractivity contribution in [2.75, 3.05) is 13.3 Å². The highest BCUT2D eigenvalue weighted by atomic mass is 19.1. The fraction of sp³-hybridized carbons (Fsp3) is 0.800. The lowest BCUT2D eigenvalue weighted by Gasteiger charge is -1.93. The zero-order valence-electron chi connectivity index (χ0n) is 4.39. The van der Waals surface area contributed by atoms with Gasteiger partial charge in [-0.15, -0.1) is 0 Å². The molecule has 1 atom stereocenters. The molecular weight excluding hydrogens is 111 g/mol. The molecule has 0 bridgehead atoms. The van der Waals surface area contributed by atoms with Crippen molar-refractivity contribution < 1.29 is 13.9 Å². The molecule has 0 spiro atoms. The maximum atomic E-state index is 11.6. The van der Waals surface area contributed by atoms with E-state index < -0.39 is 12.6 Å².